The minimum absolute atomic E-state index is 0.00372. The van der Waals surface area contributed by atoms with E-state index in [1.807, 2.05) is 0 Å². The summed E-state index contributed by atoms with van der Waals surface area (Å²) in [5, 5.41) is 9.35. The third-order valence-corrected chi connectivity index (χ3v) is 4.85. The molecule has 6 nitrogen and oxygen atoms in total. The van der Waals surface area contributed by atoms with Crippen LogP contribution in [0.25, 0.3) is 0 Å². The standard InChI is InChI=1S/C16H28N4O2/c21-15(19-13-5-6-13)11-20-8-2-3-12(10-20)9-18-16(22)14-4-1-7-17-14/h12-14,17H,1-11H2,(H,18,22)(H,19,21). The number of nitrogens with one attached hydrogen (secondary N) is 3. The molecule has 0 aromatic rings. The highest BCUT2D eigenvalue weighted by Crippen LogP contribution is 2.19. The molecule has 1 aliphatic carbocycles. The average molecular weight is 308 g/mol. The Balaban J connectivity index is 1.36. The molecule has 1 saturated carbocycles. The number of rotatable bonds is 6. The Morgan fingerprint density at radius 3 is 2.73 bits per heavy atom. The monoisotopic (exact) mass is 308 g/mol. The number of piperidine rings is 1. The van der Waals surface area contributed by atoms with E-state index >= 15 is 0 Å². The quantitative estimate of drug-likeness (QED) is 0.638. The number of hydrogen-bond acceptors (Lipinski definition) is 4. The van der Waals surface area contributed by atoms with E-state index in [1.165, 1.54) is 0 Å². The summed E-state index contributed by atoms with van der Waals surface area (Å²) >= 11 is 0. The van der Waals surface area contributed by atoms with Crippen molar-refractivity contribution in [3.63, 3.8) is 0 Å². The topological polar surface area (TPSA) is 73.5 Å². The van der Waals surface area contributed by atoms with Gasteiger partial charge >= 0.3 is 0 Å². The van der Waals surface area contributed by atoms with Crippen molar-refractivity contribution in [2.24, 2.45) is 5.92 Å². The zero-order chi connectivity index (χ0) is 15.4. The third kappa shape index (κ3) is 4.68. The van der Waals surface area contributed by atoms with Crippen LogP contribution in [-0.2, 0) is 9.59 Å². The van der Waals surface area contributed by atoms with E-state index in [4.69, 9.17) is 0 Å². The summed E-state index contributed by atoms with van der Waals surface area (Å²) in [6.45, 7) is 4.09. The first-order valence-corrected chi connectivity index (χ1v) is 8.73. The molecule has 3 N–H and O–H groups in total. The van der Waals surface area contributed by atoms with Crippen LogP contribution in [-0.4, -0.2) is 61.5 Å². The smallest absolute Gasteiger partial charge is 0.237 e. The largest absolute Gasteiger partial charge is 0.354 e. The van der Waals surface area contributed by atoms with Crippen LogP contribution in [0.5, 0.6) is 0 Å². The molecule has 2 saturated heterocycles. The maximum atomic E-state index is 12.0. The van der Waals surface area contributed by atoms with Crippen molar-refractivity contribution in [3.05, 3.63) is 0 Å². The molecule has 2 amide bonds. The van der Waals surface area contributed by atoms with Crippen molar-refractivity contribution in [1.29, 1.82) is 0 Å². The summed E-state index contributed by atoms with van der Waals surface area (Å²) in [7, 11) is 0. The second kappa shape index (κ2) is 7.42. The number of nitrogens with zero attached hydrogens (tertiary/aromatic N) is 1. The molecule has 0 spiro atoms. The first-order chi connectivity index (χ1) is 10.7. The van der Waals surface area contributed by atoms with Gasteiger partial charge in [0.1, 0.15) is 0 Å². The van der Waals surface area contributed by atoms with Gasteiger partial charge in [-0.15, -0.1) is 0 Å². The van der Waals surface area contributed by atoms with Crippen LogP contribution >= 0.6 is 0 Å². The molecule has 22 heavy (non-hydrogen) atoms. The SMILES string of the molecule is O=C(CN1CCCC(CNC(=O)C2CCCN2)C1)NC1CC1. The van der Waals surface area contributed by atoms with E-state index < -0.39 is 0 Å². The van der Waals surface area contributed by atoms with Gasteiger partial charge in [-0.2, -0.15) is 0 Å². The molecule has 6 heteroatoms. The van der Waals surface area contributed by atoms with Crippen molar-refractivity contribution in [2.45, 2.75) is 50.6 Å². The van der Waals surface area contributed by atoms with E-state index in [2.05, 4.69) is 20.9 Å². The van der Waals surface area contributed by atoms with E-state index in [0.717, 1.165) is 64.7 Å². The second-order valence-electron chi connectivity index (χ2n) is 6.98. The number of hydrogen-bond donors (Lipinski definition) is 3. The number of amides is 2. The van der Waals surface area contributed by atoms with E-state index in [9.17, 15) is 9.59 Å². The zero-order valence-corrected chi connectivity index (χ0v) is 13.3. The number of carbonyl (C=O) groups excluding carboxylic acids is 2. The molecule has 3 aliphatic rings. The highest BCUT2D eigenvalue weighted by molar-refractivity contribution is 5.82. The van der Waals surface area contributed by atoms with Crippen molar-refractivity contribution < 1.29 is 9.59 Å². The molecule has 3 fully saturated rings. The van der Waals surface area contributed by atoms with Crippen LogP contribution in [0.3, 0.4) is 0 Å². The van der Waals surface area contributed by atoms with E-state index in [1.54, 1.807) is 0 Å². The van der Waals surface area contributed by atoms with Crippen molar-refractivity contribution >= 4 is 11.8 Å². The lowest BCUT2D eigenvalue weighted by molar-refractivity contribution is -0.124. The van der Waals surface area contributed by atoms with Crippen LogP contribution in [0, 0.1) is 5.92 Å². The predicted octanol–water partition coefficient (Wildman–Crippen LogP) is -0.155. The molecule has 2 heterocycles. The van der Waals surface area contributed by atoms with Crippen LogP contribution in [0.2, 0.25) is 0 Å². The maximum absolute atomic E-state index is 12.0. The van der Waals surface area contributed by atoms with Crippen molar-refractivity contribution in [1.82, 2.24) is 20.9 Å². The van der Waals surface area contributed by atoms with Crippen LogP contribution in [0.1, 0.15) is 38.5 Å². The Labute approximate surface area is 132 Å². The van der Waals surface area contributed by atoms with Crippen LogP contribution in [0.15, 0.2) is 0 Å². The molecule has 0 aromatic heterocycles. The van der Waals surface area contributed by atoms with Gasteiger partial charge in [0.25, 0.3) is 0 Å². The van der Waals surface area contributed by atoms with Gasteiger partial charge in [-0.3, -0.25) is 14.5 Å². The minimum Gasteiger partial charge on any atom is -0.354 e. The molecule has 0 aromatic carbocycles. The van der Waals surface area contributed by atoms with Gasteiger partial charge in [-0.05, 0) is 57.5 Å². The summed E-state index contributed by atoms with van der Waals surface area (Å²) in [5.41, 5.74) is 0. The summed E-state index contributed by atoms with van der Waals surface area (Å²) in [4.78, 5) is 26.1. The van der Waals surface area contributed by atoms with Crippen LogP contribution < -0.4 is 16.0 Å². The average Bonchev–Trinajstić information content (AvgIpc) is 3.15. The van der Waals surface area contributed by atoms with E-state index in [-0.39, 0.29) is 17.9 Å². The molecule has 124 valence electrons. The fourth-order valence-corrected chi connectivity index (χ4v) is 3.44. The second-order valence-corrected chi connectivity index (χ2v) is 6.98. The van der Waals surface area contributed by atoms with Crippen molar-refractivity contribution in [3.8, 4) is 0 Å². The number of likely N-dealkylation sites (tertiary alicyclic amines) is 1. The normalized spacial score (nSPS) is 29.3. The first kappa shape index (κ1) is 15.7. The lowest BCUT2D eigenvalue weighted by Gasteiger charge is -2.32. The molecular weight excluding hydrogens is 280 g/mol. The van der Waals surface area contributed by atoms with Gasteiger partial charge in [0.15, 0.2) is 0 Å². The van der Waals surface area contributed by atoms with Crippen molar-refractivity contribution in [2.75, 3.05) is 32.7 Å². The molecular formula is C16H28N4O2. The first-order valence-electron chi connectivity index (χ1n) is 8.73. The molecule has 3 rings (SSSR count). The van der Waals surface area contributed by atoms with Gasteiger partial charge in [0, 0.05) is 19.1 Å². The summed E-state index contributed by atoms with van der Waals surface area (Å²) in [5.74, 6) is 0.760. The third-order valence-electron chi connectivity index (χ3n) is 4.85. The summed E-state index contributed by atoms with van der Waals surface area (Å²) in [6, 6.07) is 0.440. The predicted molar refractivity (Wildman–Crippen MR) is 84.4 cm³/mol. The lowest BCUT2D eigenvalue weighted by atomic mass is 9.98. The maximum Gasteiger partial charge on any atom is 0.237 e. The molecule has 2 atom stereocenters. The highest BCUT2D eigenvalue weighted by Gasteiger charge is 2.27. The number of carbonyl (C=O) groups is 2. The Bertz CT molecular complexity index is 405. The Morgan fingerprint density at radius 2 is 2.00 bits per heavy atom. The molecule has 2 aliphatic heterocycles. The molecule has 2 unspecified atom stereocenters. The van der Waals surface area contributed by atoms with E-state index in [0.29, 0.717) is 18.5 Å². The van der Waals surface area contributed by atoms with Gasteiger partial charge in [-0.1, -0.05) is 0 Å². The Kier molecular flexibility index (Phi) is 5.31. The van der Waals surface area contributed by atoms with Gasteiger partial charge < -0.3 is 16.0 Å². The molecule has 0 bridgehead atoms. The molecule has 0 radical (unpaired) electrons. The highest BCUT2D eigenvalue weighted by atomic mass is 16.2. The minimum atomic E-state index is 0.00372. The summed E-state index contributed by atoms with van der Waals surface area (Å²) in [6.07, 6.45) is 6.55. The van der Waals surface area contributed by atoms with Gasteiger partial charge in [0.05, 0.1) is 12.6 Å². The van der Waals surface area contributed by atoms with Gasteiger partial charge in [0.2, 0.25) is 11.8 Å². The fourth-order valence-electron chi connectivity index (χ4n) is 3.44. The van der Waals surface area contributed by atoms with Gasteiger partial charge in [-0.25, -0.2) is 0 Å². The zero-order valence-electron chi connectivity index (χ0n) is 13.3. The Morgan fingerprint density at radius 1 is 1.14 bits per heavy atom. The Hall–Kier alpha value is -1.14. The van der Waals surface area contributed by atoms with Crippen LogP contribution in [0.4, 0.5) is 0 Å². The fraction of sp³-hybridized carbons (Fsp3) is 0.875. The summed E-state index contributed by atoms with van der Waals surface area (Å²) < 4.78 is 0. The lowest BCUT2D eigenvalue weighted by Crippen LogP contribution is -2.47.